The Labute approximate surface area is 192 Å². The smallest absolute Gasteiger partial charge is 0.272 e. The van der Waals surface area contributed by atoms with Crippen molar-refractivity contribution in [1.82, 2.24) is 20.4 Å². The first-order valence-corrected chi connectivity index (χ1v) is 11.0. The number of nitrogens with zero attached hydrogens (tertiary/aromatic N) is 2. The van der Waals surface area contributed by atoms with Crippen molar-refractivity contribution in [3.8, 4) is 11.5 Å². The third kappa shape index (κ3) is 5.16. The molecule has 1 aliphatic heterocycles. The number of carbonyl (C=O) groups is 2. The number of fused-ring (bicyclic) bond motifs is 1. The molecule has 8 heteroatoms. The maximum absolute atomic E-state index is 13.0. The summed E-state index contributed by atoms with van der Waals surface area (Å²) in [5, 5.41) is 10.2. The number of aromatic amines is 1. The first kappa shape index (κ1) is 22.4. The lowest BCUT2D eigenvalue weighted by Gasteiger charge is -2.27. The number of aromatic nitrogens is 2. The summed E-state index contributed by atoms with van der Waals surface area (Å²) in [6.45, 7) is 1.46. The molecule has 2 aromatic carbocycles. The van der Waals surface area contributed by atoms with Crippen molar-refractivity contribution in [2.45, 2.75) is 25.8 Å². The van der Waals surface area contributed by atoms with Crippen LogP contribution in [0.1, 0.15) is 32.9 Å². The highest BCUT2D eigenvalue weighted by atomic mass is 16.5. The van der Waals surface area contributed by atoms with E-state index >= 15 is 0 Å². The number of carbonyl (C=O) groups excluding carboxylic acids is 2. The van der Waals surface area contributed by atoms with Gasteiger partial charge in [-0.3, -0.25) is 14.7 Å². The van der Waals surface area contributed by atoms with Crippen LogP contribution in [-0.4, -0.2) is 54.2 Å². The maximum Gasteiger partial charge on any atom is 0.272 e. The topological polar surface area (TPSA) is 96.5 Å². The zero-order chi connectivity index (χ0) is 23.2. The molecule has 0 spiro atoms. The number of rotatable bonds is 8. The number of hydrogen-bond donors (Lipinski definition) is 2. The molecule has 2 N–H and O–H groups in total. The largest absolute Gasteiger partial charge is 0.493 e. The molecule has 0 saturated carbocycles. The third-order valence-corrected chi connectivity index (χ3v) is 5.85. The lowest BCUT2D eigenvalue weighted by molar-refractivity contribution is -0.131. The monoisotopic (exact) mass is 448 g/mol. The van der Waals surface area contributed by atoms with Crippen LogP contribution in [0, 0.1) is 0 Å². The molecule has 1 aliphatic rings. The summed E-state index contributed by atoms with van der Waals surface area (Å²) >= 11 is 0. The van der Waals surface area contributed by atoms with Crippen molar-refractivity contribution < 1.29 is 19.1 Å². The predicted molar refractivity (Wildman–Crippen MR) is 123 cm³/mol. The Balaban J connectivity index is 1.38. The van der Waals surface area contributed by atoms with Gasteiger partial charge in [0.15, 0.2) is 17.2 Å². The van der Waals surface area contributed by atoms with Gasteiger partial charge in [-0.1, -0.05) is 36.4 Å². The third-order valence-electron chi connectivity index (χ3n) is 5.85. The molecule has 8 nitrogen and oxygen atoms in total. The Hall–Kier alpha value is -3.81. The molecule has 4 rings (SSSR count). The number of hydrogen-bond acceptors (Lipinski definition) is 5. The molecule has 0 aliphatic carbocycles. The average molecular weight is 449 g/mol. The molecule has 0 saturated heterocycles. The van der Waals surface area contributed by atoms with Crippen LogP contribution in [0.15, 0.2) is 48.5 Å². The highest BCUT2D eigenvalue weighted by molar-refractivity contribution is 5.94. The van der Waals surface area contributed by atoms with Crippen LogP contribution in [-0.2, 0) is 30.6 Å². The van der Waals surface area contributed by atoms with Crippen molar-refractivity contribution in [3.63, 3.8) is 0 Å². The van der Waals surface area contributed by atoms with Gasteiger partial charge in [-0.2, -0.15) is 5.10 Å². The first-order chi connectivity index (χ1) is 16.1. The first-order valence-electron chi connectivity index (χ1n) is 11.0. The van der Waals surface area contributed by atoms with E-state index in [0.29, 0.717) is 43.2 Å². The number of ether oxygens (including phenoxy) is 2. The molecule has 172 valence electrons. The van der Waals surface area contributed by atoms with E-state index in [1.54, 1.807) is 25.2 Å². The van der Waals surface area contributed by atoms with Crippen LogP contribution in [0.2, 0.25) is 0 Å². The summed E-state index contributed by atoms with van der Waals surface area (Å²) in [4.78, 5) is 27.5. The van der Waals surface area contributed by atoms with E-state index in [2.05, 4.69) is 15.5 Å². The van der Waals surface area contributed by atoms with Gasteiger partial charge in [-0.15, -0.1) is 0 Å². The van der Waals surface area contributed by atoms with Gasteiger partial charge in [0.1, 0.15) is 0 Å². The van der Waals surface area contributed by atoms with Crippen molar-refractivity contribution in [2.24, 2.45) is 0 Å². The van der Waals surface area contributed by atoms with E-state index in [0.717, 1.165) is 28.8 Å². The fourth-order valence-electron chi connectivity index (χ4n) is 4.02. The molecule has 1 aromatic heterocycles. The van der Waals surface area contributed by atoms with E-state index in [1.165, 1.54) is 0 Å². The second kappa shape index (κ2) is 10.2. The summed E-state index contributed by atoms with van der Waals surface area (Å²) in [6, 6.07) is 15.5. The fourth-order valence-corrected chi connectivity index (χ4v) is 4.02. The Kier molecular flexibility index (Phi) is 6.92. The van der Waals surface area contributed by atoms with E-state index in [-0.39, 0.29) is 18.2 Å². The SMILES string of the molecule is COc1ccc(CC(=O)N2CCc3[nH]nc(C(=O)NCCc4ccccc4)c3C2)cc1OC. The van der Waals surface area contributed by atoms with Gasteiger partial charge < -0.3 is 19.7 Å². The van der Waals surface area contributed by atoms with Crippen LogP contribution in [0.5, 0.6) is 11.5 Å². The van der Waals surface area contributed by atoms with Gasteiger partial charge in [0, 0.05) is 37.3 Å². The molecule has 0 bridgehead atoms. The van der Waals surface area contributed by atoms with Gasteiger partial charge >= 0.3 is 0 Å². The lowest BCUT2D eigenvalue weighted by Crippen LogP contribution is -2.37. The minimum absolute atomic E-state index is 0.00972. The highest BCUT2D eigenvalue weighted by Crippen LogP contribution is 2.28. The minimum atomic E-state index is -0.224. The van der Waals surface area contributed by atoms with Crippen LogP contribution < -0.4 is 14.8 Å². The van der Waals surface area contributed by atoms with Crippen molar-refractivity contribution in [1.29, 1.82) is 0 Å². The molecular formula is C25H28N4O4. The number of nitrogens with one attached hydrogen (secondary N) is 2. The number of amides is 2. The molecular weight excluding hydrogens is 420 g/mol. The summed E-state index contributed by atoms with van der Waals surface area (Å²) < 4.78 is 10.6. The van der Waals surface area contributed by atoms with E-state index in [4.69, 9.17) is 9.47 Å². The standard InChI is InChI=1S/C25H28N4O4/c1-32-21-9-8-18(14-22(21)33-2)15-23(30)29-13-11-20-19(16-29)24(28-27-20)25(31)26-12-10-17-6-4-3-5-7-17/h3-9,14H,10-13,15-16H2,1-2H3,(H,26,31)(H,27,28). The molecule has 0 atom stereocenters. The normalized spacial score (nSPS) is 12.7. The Bertz CT molecular complexity index is 1130. The Morgan fingerprint density at radius 3 is 2.61 bits per heavy atom. The second-order valence-electron chi connectivity index (χ2n) is 7.95. The van der Waals surface area contributed by atoms with Crippen LogP contribution >= 0.6 is 0 Å². The number of H-pyrrole nitrogens is 1. The second-order valence-corrected chi connectivity index (χ2v) is 7.95. The predicted octanol–water partition coefficient (Wildman–Crippen LogP) is 2.53. The quantitative estimate of drug-likeness (QED) is 0.552. The Morgan fingerprint density at radius 2 is 1.85 bits per heavy atom. The van der Waals surface area contributed by atoms with Gasteiger partial charge in [-0.05, 0) is 29.7 Å². The molecule has 0 unspecified atom stereocenters. The Morgan fingerprint density at radius 1 is 1.06 bits per heavy atom. The van der Waals surface area contributed by atoms with Crippen molar-refractivity contribution in [3.05, 3.63) is 76.6 Å². The van der Waals surface area contributed by atoms with Gasteiger partial charge in [0.2, 0.25) is 5.91 Å². The van der Waals surface area contributed by atoms with Gasteiger partial charge in [0.05, 0.1) is 20.6 Å². The average Bonchev–Trinajstić information content (AvgIpc) is 3.28. The summed E-state index contributed by atoms with van der Waals surface area (Å²) in [6.07, 6.45) is 1.62. The van der Waals surface area contributed by atoms with Crippen LogP contribution in [0.4, 0.5) is 0 Å². The van der Waals surface area contributed by atoms with Gasteiger partial charge in [0.25, 0.3) is 5.91 Å². The molecule has 33 heavy (non-hydrogen) atoms. The van der Waals surface area contributed by atoms with Crippen molar-refractivity contribution >= 4 is 11.8 Å². The molecule has 0 radical (unpaired) electrons. The fraction of sp³-hybridized carbons (Fsp3) is 0.320. The maximum atomic E-state index is 13.0. The summed E-state index contributed by atoms with van der Waals surface area (Å²) in [5.74, 6) is 0.979. The van der Waals surface area contributed by atoms with E-state index < -0.39 is 0 Å². The molecule has 3 aromatic rings. The summed E-state index contributed by atoms with van der Waals surface area (Å²) in [7, 11) is 3.15. The molecule has 2 heterocycles. The lowest BCUT2D eigenvalue weighted by atomic mass is 10.0. The number of methoxy groups -OCH3 is 2. The van der Waals surface area contributed by atoms with E-state index in [9.17, 15) is 9.59 Å². The molecule has 2 amide bonds. The summed E-state index contributed by atoms with van der Waals surface area (Å²) in [5.41, 5.74) is 4.07. The minimum Gasteiger partial charge on any atom is -0.493 e. The van der Waals surface area contributed by atoms with Crippen LogP contribution in [0.25, 0.3) is 0 Å². The van der Waals surface area contributed by atoms with Crippen molar-refractivity contribution in [2.75, 3.05) is 27.3 Å². The zero-order valence-electron chi connectivity index (χ0n) is 18.9. The van der Waals surface area contributed by atoms with Crippen LogP contribution in [0.3, 0.4) is 0 Å². The molecule has 0 fully saturated rings. The van der Waals surface area contributed by atoms with E-state index in [1.807, 2.05) is 42.5 Å². The zero-order valence-corrected chi connectivity index (χ0v) is 18.9. The van der Waals surface area contributed by atoms with Gasteiger partial charge in [-0.25, -0.2) is 0 Å². The highest BCUT2D eigenvalue weighted by Gasteiger charge is 2.27. The number of benzene rings is 2.